The molecule has 0 amide bonds. The van der Waals surface area contributed by atoms with E-state index in [2.05, 4.69) is 44.2 Å². The SMILES string of the molecule is Cc1ccc(CCC(C)CCc2ccc(Cl)c(Cl)c2)cc1. The zero-order valence-corrected chi connectivity index (χ0v) is 14.2. The predicted octanol–water partition coefficient (Wildman–Crippen LogP) is 6.50. The van der Waals surface area contributed by atoms with Crippen LogP contribution in [0.1, 0.15) is 36.5 Å². The molecular formula is C19H22Cl2. The molecule has 1 unspecified atom stereocenters. The number of hydrogen-bond donors (Lipinski definition) is 0. The minimum absolute atomic E-state index is 0.632. The first-order chi connectivity index (χ1) is 10.0. The highest BCUT2D eigenvalue weighted by atomic mass is 35.5. The number of rotatable bonds is 6. The van der Waals surface area contributed by atoms with Crippen molar-refractivity contribution in [3.63, 3.8) is 0 Å². The van der Waals surface area contributed by atoms with Crippen molar-refractivity contribution >= 4 is 23.2 Å². The molecule has 112 valence electrons. The normalized spacial score (nSPS) is 12.4. The average molecular weight is 321 g/mol. The predicted molar refractivity (Wildman–Crippen MR) is 93.4 cm³/mol. The van der Waals surface area contributed by atoms with Crippen LogP contribution >= 0.6 is 23.2 Å². The van der Waals surface area contributed by atoms with Crippen LogP contribution in [0, 0.1) is 12.8 Å². The first-order valence-electron chi connectivity index (χ1n) is 7.54. The van der Waals surface area contributed by atoms with Crippen molar-refractivity contribution in [2.45, 2.75) is 39.5 Å². The lowest BCUT2D eigenvalue weighted by atomic mass is 9.94. The van der Waals surface area contributed by atoms with Crippen LogP contribution in [0.3, 0.4) is 0 Å². The van der Waals surface area contributed by atoms with E-state index in [4.69, 9.17) is 23.2 Å². The van der Waals surface area contributed by atoms with Crippen molar-refractivity contribution < 1.29 is 0 Å². The largest absolute Gasteiger partial charge is 0.0827 e. The maximum Gasteiger partial charge on any atom is 0.0595 e. The van der Waals surface area contributed by atoms with Gasteiger partial charge < -0.3 is 0 Å². The number of benzene rings is 2. The van der Waals surface area contributed by atoms with Gasteiger partial charge in [-0.3, -0.25) is 0 Å². The van der Waals surface area contributed by atoms with Crippen LogP contribution in [0.4, 0.5) is 0 Å². The van der Waals surface area contributed by atoms with Crippen molar-refractivity contribution in [3.05, 3.63) is 69.2 Å². The third-order valence-electron chi connectivity index (χ3n) is 3.96. The highest BCUT2D eigenvalue weighted by Gasteiger charge is 2.05. The van der Waals surface area contributed by atoms with Gasteiger partial charge in [0.25, 0.3) is 0 Å². The Kier molecular flexibility index (Phi) is 6.14. The zero-order valence-electron chi connectivity index (χ0n) is 12.7. The molecule has 2 rings (SSSR count). The van der Waals surface area contributed by atoms with Gasteiger partial charge in [0.2, 0.25) is 0 Å². The first-order valence-corrected chi connectivity index (χ1v) is 8.29. The summed E-state index contributed by atoms with van der Waals surface area (Å²) in [5.41, 5.74) is 4.03. The summed E-state index contributed by atoms with van der Waals surface area (Å²) >= 11 is 12.0. The van der Waals surface area contributed by atoms with Crippen molar-refractivity contribution in [1.82, 2.24) is 0 Å². The summed E-state index contributed by atoms with van der Waals surface area (Å²) < 4.78 is 0. The summed E-state index contributed by atoms with van der Waals surface area (Å²) in [5, 5.41) is 1.29. The van der Waals surface area contributed by atoms with Crippen LogP contribution < -0.4 is 0 Å². The van der Waals surface area contributed by atoms with Crippen molar-refractivity contribution in [2.24, 2.45) is 5.92 Å². The summed E-state index contributed by atoms with van der Waals surface area (Å²) in [7, 11) is 0. The van der Waals surface area contributed by atoms with E-state index in [1.54, 1.807) is 0 Å². The van der Waals surface area contributed by atoms with Crippen LogP contribution in [0.2, 0.25) is 10.0 Å². The van der Waals surface area contributed by atoms with Crippen LogP contribution in [0.5, 0.6) is 0 Å². The molecule has 0 heterocycles. The molecule has 0 fully saturated rings. The molecule has 0 aromatic heterocycles. The summed E-state index contributed by atoms with van der Waals surface area (Å²) in [6.07, 6.45) is 4.63. The van der Waals surface area contributed by atoms with Gasteiger partial charge in [0, 0.05) is 0 Å². The van der Waals surface area contributed by atoms with Crippen LogP contribution in [0.15, 0.2) is 42.5 Å². The monoisotopic (exact) mass is 320 g/mol. The molecule has 0 saturated carbocycles. The van der Waals surface area contributed by atoms with Crippen molar-refractivity contribution in [3.8, 4) is 0 Å². The summed E-state index contributed by atoms with van der Waals surface area (Å²) in [6.45, 7) is 4.45. The second-order valence-electron chi connectivity index (χ2n) is 5.92. The quantitative estimate of drug-likeness (QED) is 0.569. The van der Waals surface area contributed by atoms with Crippen molar-refractivity contribution in [2.75, 3.05) is 0 Å². The number of hydrogen-bond acceptors (Lipinski definition) is 0. The van der Waals surface area contributed by atoms with E-state index in [-0.39, 0.29) is 0 Å². The topological polar surface area (TPSA) is 0 Å². The Morgan fingerprint density at radius 1 is 0.810 bits per heavy atom. The van der Waals surface area contributed by atoms with Gasteiger partial charge in [-0.05, 0) is 61.8 Å². The van der Waals surface area contributed by atoms with Gasteiger partial charge in [-0.2, -0.15) is 0 Å². The fraction of sp³-hybridized carbons (Fsp3) is 0.368. The van der Waals surface area contributed by atoms with E-state index in [0.29, 0.717) is 16.0 Å². The molecule has 21 heavy (non-hydrogen) atoms. The average Bonchev–Trinajstić information content (AvgIpc) is 2.48. The van der Waals surface area contributed by atoms with Gasteiger partial charge in [0.15, 0.2) is 0 Å². The van der Waals surface area contributed by atoms with Crippen LogP contribution in [-0.2, 0) is 12.8 Å². The molecule has 1 atom stereocenters. The lowest BCUT2D eigenvalue weighted by molar-refractivity contribution is 0.493. The molecule has 2 aromatic rings. The second kappa shape index (κ2) is 7.87. The van der Waals surface area contributed by atoms with Gasteiger partial charge in [-0.15, -0.1) is 0 Å². The Labute approximate surface area is 138 Å². The maximum absolute atomic E-state index is 6.05. The van der Waals surface area contributed by atoms with E-state index >= 15 is 0 Å². The molecule has 0 aliphatic rings. The minimum atomic E-state index is 0.632. The number of aryl methyl sites for hydroxylation is 3. The molecule has 0 bridgehead atoms. The molecule has 0 radical (unpaired) electrons. The second-order valence-corrected chi connectivity index (χ2v) is 6.73. The Morgan fingerprint density at radius 2 is 1.38 bits per heavy atom. The molecule has 0 aliphatic heterocycles. The molecule has 2 aromatic carbocycles. The summed E-state index contributed by atoms with van der Waals surface area (Å²) in [4.78, 5) is 0. The van der Waals surface area contributed by atoms with E-state index in [9.17, 15) is 0 Å². The van der Waals surface area contributed by atoms with Gasteiger partial charge >= 0.3 is 0 Å². The van der Waals surface area contributed by atoms with E-state index in [1.807, 2.05) is 12.1 Å². The molecule has 0 N–H and O–H groups in total. The highest BCUT2D eigenvalue weighted by molar-refractivity contribution is 6.42. The lowest BCUT2D eigenvalue weighted by Gasteiger charge is -2.12. The third-order valence-corrected chi connectivity index (χ3v) is 4.70. The number of halogens is 2. The molecule has 2 heteroatoms. The Morgan fingerprint density at radius 3 is 2.00 bits per heavy atom. The zero-order chi connectivity index (χ0) is 15.2. The standard InChI is InChI=1S/C19H22Cl2/c1-14-3-7-16(8-4-14)9-5-15(2)6-10-17-11-12-18(20)19(21)13-17/h3-4,7-8,11-13,15H,5-6,9-10H2,1-2H3. The van der Waals surface area contributed by atoms with Gasteiger partial charge in [0.05, 0.1) is 10.0 Å². The smallest absolute Gasteiger partial charge is 0.0595 e. The van der Waals surface area contributed by atoms with Gasteiger partial charge in [-0.25, -0.2) is 0 Å². The van der Waals surface area contributed by atoms with E-state index in [0.717, 1.165) is 12.8 Å². The van der Waals surface area contributed by atoms with Crippen LogP contribution in [-0.4, -0.2) is 0 Å². The van der Waals surface area contributed by atoms with Gasteiger partial charge in [0.1, 0.15) is 0 Å². The summed E-state index contributed by atoms with van der Waals surface area (Å²) in [5.74, 6) is 0.709. The van der Waals surface area contributed by atoms with E-state index < -0.39 is 0 Å². The lowest BCUT2D eigenvalue weighted by Crippen LogP contribution is -2.00. The molecule has 0 spiro atoms. The van der Waals surface area contributed by atoms with Crippen LogP contribution in [0.25, 0.3) is 0 Å². The minimum Gasteiger partial charge on any atom is -0.0827 e. The molecule has 0 nitrogen and oxygen atoms in total. The maximum atomic E-state index is 6.05. The Bertz CT molecular complexity index is 573. The first kappa shape index (κ1) is 16.4. The molecular weight excluding hydrogens is 299 g/mol. The van der Waals surface area contributed by atoms with Gasteiger partial charge in [-0.1, -0.05) is 66.0 Å². The third kappa shape index (κ3) is 5.37. The molecule has 0 saturated heterocycles. The van der Waals surface area contributed by atoms with Crippen molar-refractivity contribution in [1.29, 1.82) is 0 Å². The summed E-state index contributed by atoms with van der Waals surface area (Å²) in [6, 6.07) is 14.8. The Hall–Kier alpha value is -0.980. The fourth-order valence-electron chi connectivity index (χ4n) is 2.42. The van der Waals surface area contributed by atoms with E-state index in [1.165, 1.54) is 29.5 Å². The Balaban J connectivity index is 1.77. The molecule has 0 aliphatic carbocycles. The fourth-order valence-corrected chi connectivity index (χ4v) is 2.74. The highest BCUT2D eigenvalue weighted by Crippen LogP contribution is 2.24.